The summed E-state index contributed by atoms with van der Waals surface area (Å²) in [6.45, 7) is 0.0611. The van der Waals surface area contributed by atoms with Gasteiger partial charge in [0.15, 0.2) is 0 Å². The van der Waals surface area contributed by atoms with Crippen molar-refractivity contribution >= 4 is 17.6 Å². The van der Waals surface area contributed by atoms with Gasteiger partial charge < -0.3 is 9.63 Å². The molecule has 0 spiro atoms. The molecule has 7 heteroatoms. The maximum absolute atomic E-state index is 10.3. The van der Waals surface area contributed by atoms with Crippen molar-refractivity contribution in [3.63, 3.8) is 0 Å². The molecule has 0 fully saturated rings. The second-order valence-corrected chi connectivity index (χ2v) is 3.95. The normalized spacial score (nSPS) is 10.5. The number of aliphatic carboxylic acids is 1. The smallest absolute Gasteiger partial charge is 0.317 e. The first-order valence-corrected chi connectivity index (χ1v) is 5.54. The number of nitrogens with one attached hydrogen (secondary N) is 1. The van der Waals surface area contributed by atoms with Crippen LogP contribution in [0.5, 0.6) is 0 Å². The van der Waals surface area contributed by atoms with Gasteiger partial charge in [0.1, 0.15) is 0 Å². The van der Waals surface area contributed by atoms with Crippen LogP contribution in [0.15, 0.2) is 28.8 Å². The fourth-order valence-corrected chi connectivity index (χ4v) is 1.45. The summed E-state index contributed by atoms with van der Waals surface area (Å²) in [4.78, 5) is 14.4. The van der Waals surface area contributed by atoms with Crippen LogP contribution in [-0.2, 0) is 11.3 Å². The Balaban J connectivity index is 2.01. The molecular formula is C11H10ClN3O3. The molecule has 2 rings (SSSR count). The number of halogens is 1. The lowest BCUT2D eigenvalue weighted by atomic mass is 10.2. The minimum Gasteiger partial charge on any atom is -0.480 e. The van der Waals surface area contributed by atoms with Crippen molar-refractivity contribution in [1.29, 1.82) is 0 Å². The Bertz CT molecular complexity index is 539. The number of carboxylic acid groups (broad SMARTS) is 1. The lowest BCUT2D eigenvalue weighted by molar-refractivity contribution is -0.136. The van der Waals surface area contributed by atoms with Crippen molar-refractivity contribution in [2.75, 3.05) is 6.54 Å². The minimum absolute atomic E-state index is 0.154. The average Bonchev–Trinajstić information content (AvgIpc) is 2.78. The summed E-state index contributed by atoms with van der Waals surface area (Å²) in [5.41, 5.74) is 0.785. The highest BCUT2D eigenvalue weighted by molar-refractivity contribution is 6.30. The molecule has 1 aromatic heterocycles. The van der Waals surface area contributed by atoms with Crippen molar-refractivity contribution < 1.29 is 14.4 Å². The summed E-state index contributed by atoms with van der Waals surface area (Å²) in [6, 6.07) is 7.02. The van der Waals surface area contributed by atoms with Crippen molar-refractivity contribution in [2.45, 2.75) is 6.54 Å². The van der Waals surface area contributed by atoms with Crippen LogP contribution < -0.4 is 5.32 Å². The summed E-state index contributed by atoms with van der Waals surface area (Å²) in [5.74, 6) is -0.160. The highest BCUT2D eigenvalue weighted by Gasteiger charge is 2.08. The van der Waals surface area contributed by atoms with E-state index in [0.717, 1.165) is 5.56 Å². The highest BCUT2D eigenvalue weighted by atomic mass is 35.5. The molecule has 0 bridgehead atoms. The third kappa shape index (κ3) is 3.28. The van der Waals surface area contributed by atoms with Crippen LogP contribution in [0.2, 0.25) is 5.02 Å². The first-order chi connectivity index (χ1) is 8.65. The Morgan fingerprint density at radius 1 is 1.39 bits per heavy atom. The maximum atomic E-state index is 10.3. The summed E-state index contributed by atoms with van der Waals surface area (Å²) in [6.07, 6.45) is 0. The van der Waals surface area contributed by atoms with Crippen LogP contribution in [0.25, 0.3) is 11.4 Å². The van der Waals surface area contributed by atoms with Crippen LogP contribution >= 0.6 is 11.6 Å². The number of rotatable bonds is 5. The highest BCUT2D eigenvalue weighted by Crippen LogP contribution is 2.18. The molecule has 1 aromatic carbocycles. The molecular weight excluding hydrogens is 258 g/mol. The van der Waals surface area contributed by atoms with Crippen molar-refractivity contribution in [3.05, 3.63) is 35.2 Å². The van der Waals surface area contributed by atoms with Gasteiger partial charge in [-0.3, -0.25) is 10.1 Å². The van der Waals surface area contributed by atoms with Gasteiger partial charge in [0.2, 0.25) is 11.7 Å². The first-order valence-electron chi connectivity index (χ1n) is 5.16. The second-order valence-electron chi connectivity index (χ2n) is 3.52. The third-order valence-corrected chi connectivity index (χ3v) is 2.37. The van der Waals surface area contributed by atoms with Crippen LogP contribution in [-0.4, -0.2) is 27.8 Å². The van der Waals surface area contributed by atoms with E-state index in [1.807, 2.05) is 0 Å². The van der Waals surface area contributed by atoms with Gasteiger partial charge in [0.05, 0.1) is 13.1 Å². The minimum atomic E-state index is -0.938. The van der Waals surface area contributed by atoms with Gasteiger partial charge in [-0.1, -0.05) is 16.8 Å². The molecule has 2 aromatic rings. The number of carbonyl (C=O) groups is 1. The molecule has 18 heavy (non-hydrogen) atoms. The molecule has 0 aliphatic heterocycles. The Hall–Kier alpha value is -1.92. The quantitative estimate of drug-likeness (QED) is 0.855. The lowest BCUT2D eigenvalue weighted by Gasteiger charge is -1.95. The summed E-state index contributed by atoms with van der Waals surface area (Å²) >= 11 is 5.77. The SMILES string of the molecule is O=C(O)CNCc1nc(-c2ccc(Cl)cc2)no1. The number of hydrogen-bond acceptors (Lipinski definition) is 5. The number of carboxylic acids is 1. The molecule has 0 unspecified atom stereocenters. The van der Waals surface area contributed by atoms with E-state index in [0.29, 0.717) is 16.7 Å². The second kappa shape index (κ2) is 5.61. The Kier molecular flexibility index (Phi) is 3.91. The van der Waals surface area contributed by atoms with E-state index >= 15 is 0 Å². The topological polar surface area (TPSA) is 88.2 Å². The number of nitrogens with zero attached hydrogens (tertiary/aromatic N) is 2. The van der Waals surface area contributed by atoms with Gasteiger partial charge in [-0.2, -0.15) is 4.98 Å². The van der Waals surface area contributed by atoms with Gasteiger partial charge in [-0.05, 0) is 24.3 Å². The standard InChI is InChI=1S/C11H10ClN3O3/c12-8-3-1-7(2-4-8)11-14-9(18-15-11)5-13-6-10(16)17/h1-4,13H,5-6H2,(H,16,17). The largest absolute Gasteiger partial charge is 0.480 e. The van der Waals surface area contributed by atoms with Gasteiger partial charge >= 0.3 is 5.97 Å². The van der Waals surface area contributed by atoms with Crippen LogP contribution in [0.4, 0.5) is 0 Å². The first kappa shape index (κ1) is 12.5. The van der Waals surface area contributed by atoms with E-state index in [-0.39, 0.29) is 13.1 Å². The van der Waals surface area contributed by atoms with Crippen molar-refractivity contribution in [2.24, 2.45) is 0 Å². The molecule has 0 atom stereocenters. The van der Waals surface area contributed by atoms with Gasteiger partial charge in [-0.15, -0.1) is 0 Å². The summed E-state index contributed by atoms with van der Waals surface area (Å²) in [7, 11) is 0. The molecule has 0 aliphatic carbocycles. The average molecular weight is 268 g/mol. The molecule has 2 N–H and O–H groups in total. The van der Waals surface area contributed by atoms with E-state index < -0.39 is 5.97 Å². The predicted molar refractivity (Wildman–Crippen MR) is 64.1 cm³/mol. The monoisotopic (exact) mass is 267 g/mol. The Morgan fingerprint density at radius 2 is 2.11 bits per heavy atom. The third-order valence-electron chi connectivity index (χ3n) is 2.12. The van der Waals surface area contributed by atoms with E-state index in [4.69, 9.17) is 21.2 Å². The molecule has 0 saturated heterocycles. The molecule has 94 valence electrons. The van der Waals surface area contributed by atoms with Crippen molar-refractivity contribution in [3.8, 4) is 11.4 Å². The van der Waals surface area contributed by atoms with Gasteiger partial charge in [-0.25, -0.2) is 0 Å². The molecule has 0 aliphatic rings. The fourth-order valence-electron chi connectivity index (χ4n) is 1.32. The maximum Gasteiger partial charge on any atom is 0.317 e. The van der Waals surface area contributed by atoms with Gasteiger partial charge in [0.25, 0.3) is 0 Å². The van der Waals surface area contributed by atoms with E-state index in [2.05, 4.69) is 15.5 Å². The molecule has 1 heterocycles. The van der Waals surface area contributed by atoms with Crippen LogP contribution in [0.1, 0.15) is 5.89 Å². The van der Waals surface area contributed by atoms with E-state index in [1.165, 1.54) is 0 Å². The zero-order valence-electron chi connectivity index (χ0n) is 9.26. The number of hydrogen-bond donors (Lipinski definition) is 2. The molecule has 6 nitrogen and oxygen atoms in total. The Morgan fingerprint density at radius 3 is 2.78 bits per heavy atom. The number of aromatic nitrogens is 2. The van der Waals surface area contributed by atoms with Gasteiger partial charge in [0, 0.05) is 10.6 Å². The molecule has 0 radical (unpaired) electrons. The van der Waals surface area contributed by atoms with E-state index in [1.54, 1.807) is 24.3 Å². The summed E-state index contributed by atoms with van der Waals surface area (Å²) in [5, 5.41) is 15.5. The van der Waals surface area contributed by atoms with Crippen LogP contribution in [0.3, 0.4) is 0 Å². The summed E-state index contributed by atoms with van der Waals surface area (Å²) < 4.78 is 4.98. The van der Waals surface area contributed by atoms with Crippen LogP contribution in [0, 0.1) is 0 Å². The zero-order valence-corrected chi connectivity index (χ0v) is 10.0. The predicted octanol–water partition coefficient (Wildman–Crippen LogP) is 1.56. The molecule has 0 amide bonds. The Labute approximate surface area is 108 Å². The van der Waals surface area contributed by atoms with E-state index in [9.17, 15) is 4.79 Å². The lowest BCUT2D eigenvalue weighted by Crippen LogP contribution is -2.21. The number of benzene rings is 1. The fraction of sp³-hybridized carbons (Fsp3) is 0.182. The zero-order chi connectivity index (χ0) is 13.0. The van der Waals surface area contributed by atoms with Crippen molar-refractivity contribution in [1.82, 2.24) is 15.5 Å². The molecule has 0 saturated carbocycles.